The average molecular weight is 419 g/mol. The Balaban J connectivity index is 1.69. The van der Waals surface area contributed by atoms with Gasteiger partial charge in [0.25, 0.3) is 10.0 Å². The molecular formula is C21H26N2O3S2. The average Bonchev–Trinajstić information content (AvgIpc) is 3.33. The number of carbonyl (C=O) groups is 1. The van der Waals surface area contributed by atoms with E-state index in [2.05, 4.69) is 6.92 Å². The van der Waals surface area contributed by atoms with E-state index in [1.165, 1.54) is 15.6 Å². The van der Waals surface area contributed by atoms with Crippen molar-refractivity contribution in [2.75, 3.05) is 13.1 Å². The predicted octanol–water partition coefficient (Wildman–Crippen LogP) is 3.51. The minimum Gasteiger partial charge on any atom is -0.341 e. The number of nitrogens with zero attached hydrogens (tertiary/aromatic N) is 2. The van der Waals surface area contributed by atoms with Crippen molar-refractivity contribution >= 4 is 27.3 Å². The molecule has 0 radical (unpaired) electrons. The first-order chi connectivity index (χ1) is 13.5. The van der Waals surface area contributed by atoms with Gasteiger partial charge in [0.15, 0.2) is 0 Å². The van der Waals surface area contributed by atoms with Crippen LogP contribution in [-0.4, -0.2) is 42.7 Å². The molecule has 0 saturated heterocycles. The highest BCUT2D eigenvalue weighted by Gasteiger charge is 2.42. The molecule has 1 fully saturated rings. The molecule has 0 bridgehead atoms. The molecule has 4 rings (SSSR count). The Morgan fingerprint density at radius 2 is 1.93 bits per heavy atom. The van der Waals surface area contributed by atoms with Crippen molar-refractivity contribution in [2.24, 2.45) is 5.92 Å². The zero-order chi connectivity index (χ0) is 19.7. The molecule has 1 aromatic carbocycles. The predicted molar refractivity (Wildman–Crippen MR) is 111 cm³/mol. The number of rotatable bonds is 7. The fourth-order valence-electron chi connectivity index (χ4n) is 3.87. The monoisotopic (exact) mass is 418 g/mol. The van der Waals surface area contributed by atoms with E-state index in [1.54, 1.807) is 17.5 Å². The van der Waals surface area contributed by atoms with Crippen LogP contribution in [0, 0.1) is 5.92 Å². The van der Waals surface area contributed by atoms with Crippen LogP contribution in [0.1, 0.15) is 37.3 Å². The van der Waals surface area contributed by atoms with Crippen LogP contribution in [0.25, 0.3) is 0 Å². The lowest BCUT2D eigenvalue weighted by molar-refractivity contribution is -0.136. The molecule has 1 aliphatic carbocycles. The molecule has 1 saturated carbocycles. The second-order valence-electron chi connectivity index (χ2n) is 7.70. The quantitative estimate of drug-likeness (QED) is 0.691. The van der Waals surface area contributed by atoms with Gasteiger partial charge in [-0.3, -0.25) is 4.79 Å². The van der Waals surface area contributed by atoms with E-state index in [1.807, 2.05) is 29.2 Å². The fraction of sp³-hybridized carbons (Fsp3) is 0.476. The maximum atomic E-state index is 13.5. The summed E-state index contributed by atoms with van der Waals surface area (Å²) in [5, 5.41) is 1.76. The molecular weight excluding hydrogens is 392 g/mol. The van der Waals surface area contributed by atoms with Crippen LogP contribution in [0.5, 0.6) is 0 Å². The minimum atomic E-state index is -3.71. The number of amides is 1. The van der Waals surface area contributed by atoms with E-state index >= 15 is 0 Å². The molecule has 2 heterocycles. The zero-order valence-electron chi connectivity index (χ0n) is 16.1. The van der Waals surface area contributed by atoms with Gasteiger partial charge in [-0.15, -0.1) is 11.3 Å². The van der Waals surface area contributed by atoms with Gasteiger partial charge in [0.1, 0.15) is 10.3 Å². The zero-order valence-corrected chi connectivity index (χ0v) is 17.7. The SMILES string of the molecule is CCCN(CC1CC1)C(=O)C1Cc2ccccc2CN1S(=O)(=O)c1cccs1. The molecule has 0 N–H and O–H groups in total. The van der Waals surface area contributed by atoms with E-state index in [9.17, 15) is 13.2 Å². The van der Waals surface area contributed by atoms with Gasteiger partial charge in [-0.05, 0) is 54.2 Å². The van der Waals surface area contributed by atoms with Crippen molar-refractivity contribution in [1.29, 1.82) is 0 Å². The van der Waals surface area contributed by atoms with E-state index in [4.69, 9.17) is 0 Å². The van der Waals surface area contributed by atoms with Crippen LogP contribution < -0.4 is 0 Å². The summed E-state index contributed by atoms with van der Waals surface area (Å²) < 4.78 is 28.4. The number of benzene rings is 1. The molecule has 5 nitrogen and oxygen atoms in total. The van der Waals surface area contributed by atoms with E-state index in [0.29, 0.717) is 23.1 Å². The highest BCUT2D eigenvalue weighted by Crippen LogP contribution is 2.33. The van der Waals surface area contributed by atoms with Crippen molar-refractivity contribution in [2.45, 2.75) is 49.4 Å². The van der Waals surface area contributed by atoms with Crippen LogP contribution in [0.4, 0.5) is 0 Å². The maximum absolute atomic E-state index is 13.5. The number of carbonyl (C=O) groups excluding carboxylic acids is 1. The summed E-state index contributed by atoms with van der Waals surface area (Å²) in [5.74, 6) is 0.525. The minimum absolute atomic E-state index is 0.0524. The van der Waals surface area contributed by atoms with Gasteiger partial charge in [0, 0.05) is 19.6 Å². The van der Waals surface area contributed by atoms with Gasteiger partial charge >= 0.3 is 0 Å². The summed E-state index contributed by atoms with van der Waals surface area (Å²) in [4.78, 5) is 15.4. The Hall–Kier alpha value is -1.70. The molecule has 1 aliphatic heterocycles. The summed E-state index contributed by atoms with van der Waals surface area (Å²) in [7, 11) is -3.71. The van der Waals surface area contributed by atoms with Crippen molar-refractivity contribution in [3.63, 3.8) is 0 Å². The van der Waals surface area contributed by atoms with Crippen LogP contribution >= 0.6 is 11.3 Å². The number of sulfonamides is 1. The van der Waals surface area contributed by atoms with E-state index in [0.717, 1.165) is 36.9 Å². The van der Waals surface area contributed by atoms with Crippen molar-refractivity contribution < 1.29 is 13.2 Å². The third-order valence-corrected chi connectivity index (χ3v) is 8.76. The Bertz CT molecular complexity index is 936. The number of fused-ring (bicyclic) bond motifs is 1. The molecule has 1 atom stereocenters. The van der Waals surface area contributed by atoms with E-state index < -0.39 is 16.1 Å². The van der Waals surface area contributed by atoms with Crippen molar-refractivity contribution in [1.82, 2.24) is 9.21 Å². The molecule has 1 aromatic heterocycles. The van der Waals surface area contributed by atoms with Crippen LogP contribution in [0.15, 0.2) is 46.0 Å². The summed E-state index contributed by atoms with van der Waals surface area (Å²) in [6.07, 6.45) is 3.64. The topological polar surface area (TPSA) is 57.7 Å². The normalized spacial score (nSPS) is 20.0. The van der Waals surface area contributed by atoms with Crippen LogP contribution in [0.2, 0.25) is 0 Å². The molecule has 28 heavy (non-hydrogen) atoms. The smallest absolute Gasteiger partial charge is 0.253 e. The first kappa shape index (κ1) is 19.6. The number of thiophene rings is 1. The lowest BCUT2D eigenvalue weighted by Crippen LogP contribution is -2.54. The van der Waals surface area contributed by atoms with Gasteiger partial charge in [-0.25, -0.2) is 8.42 Å². The number of hydrogen-bond donors (Lipinski definition) is 0. The molecule has 0 spiro atoms. The molecule has 150 valence electrons. The van der Waals surface area contributed by atoms with Gasteiger partial charge in [0.05, 0.1) is 0 Å². The Kier molecular flexibility index (Phi) is 5.58. The second-order valence-corrected chi connectivity index (χ2v) is 10.8. The standard InChI is InChI=1S/C21H26N2O3S2/c1-2-11-22(14-16-9-10-16)21(24)19-13-17-6-3-4-7-18(17)15-23(19)28(25,26)20-8-5-12-27-20/h3-8,12,16,19H,2,9-11,13-15H2,1H3. The highest BCUT2D eigenvalue weighted by molar-refractivity contribution is 7.91. The largest absolute Gasteiger partial charge is 0.341 e. The Morgan fingerprint density at radius 3 is 2.57 bits per heavy atom. The molecule has 2 aromatic rings. The van der Waals surface area contributed by atoms with E-state index in [-0.39, 0.29) is 12.5 Å². The van der Waals surface area contributed by atoms with Crippen molar-refractivity contribution in [3.05, 3.63) is 52.9 Å². The molecule has 1 unspecified atom stereocenters. The van der Waals surface area contributed by atoms with Gasteiger partial charge in [-0.1, -0.05) is 37.3 Å². The highest BCUT2D eigenvalue weighted by atomic mass is 32.2. The Morgan fingerprint density at radius 1 is 1.18 bits per heavy atom. The lowest BCUT2D eigenvalue weighted by Gasteiger charge is -2.37. The van der Waals surface area contributed by atoms with Crippen LogP contribution in [-0.2, 0) is 27.8 Å². The summed E-state index contributed by atoms with van der Waals surface area (Å²) in [5.41, 5.74) is 2.05. The molecule has 1 amide bonds. The Labute approximate surface area is 171 Å². The van der Waals surface area contributed by atoms with Gasteiger partial charge in [0.2, 0.25) is 5.91 Å². The second kappa shape index (κ2) is 7.97. The summed E-state index contributed by atoms with van der Waals surface area (Å²) in [6, 6.07) is 10.5. The van der Waals surface area contributed by atoms with Crippen molar-refractivity contribution in [3.8, 4) is 0 Å². The third kappa shape index (κ3) is 3.88. The third-order valence-electron chi connectivity index (χ3n) is 5.53. The molecule has 7 heteroatoms. The van der Waals surface area contributed by atoms with Gasteiger partial charge < -0.3 is 4.90 Å². The fourth-order valence-corrected chi connectivity index (χ4v) is 6.55. The maximum Gasteiger partial charge on any atom is 0.253 e. The summed E-state index contributed by atoms with van der Waals surface area (Å²) >= 11 is 1.20. The first-order valence-corrected chi connectivity index (χ1v) is 12.2. The summed E-state index contributed by atoms with van der Waals surface area (Å²) in [6.45, 7) is 3.73. The lowest BCUT2D eigenvalue weighted by atomic mass is 9.95. The van der Waals surface area contributed by atoms with Gasteiger partial charge in [-0.2, -0.15) is 4.31 Å². The number of hydrogen-bond acceptors (Lipinski definition) is 4. The first-order valence-electron chi connectivity index (χ1n) is 9.91. The van der Waals surface area contributed by atoms with Crippen LogP contribution in [0.3, 0.4) is 0 Å². The molecule has 2 aliphatic rings.